The van der Waals surface area contributed by atoms with E-state index in [1.54, 1.807) is 11.3 Å². The van der Waals surface area contributed by atoms with Crippen molar-refractivity contribution in [3.05, 3.63) is 51.5 Å². The molecule has 1 atom stereocenters. The van der Waals surface area contributed by atoms with Crippen molar-refractivity contribution < 1.29 is 4.79 Å². The monoisotopic (exact) mass is 343 g/mol. The summed E-state index contributed by atoms with van der Waals surface area (Å²) in [5, 5.41) is 4.19. The molecule has 1 amide bonds. The van der Waals surface area contributed by atoms with Crippen molar-refractivity contribution in [2.45, 2.75) is 39.2 Å². The average Bonchev–Trinajstić information content (AvgIpc) is 3.20. The highest BCUT2D eigenvalue weighted by Crippen LogP contribution is 2.26. The Morgan fingerprint density at radius 3 is 2.88 bits per heavy atom. The van der Waals surface area contributed by atoms with Gasteiger partial charge in [0.1, 0.15) is 0 Å². The molecule has 0 spiro atoms. The molecule has 1 aliphatic rings. The van der Waals surface area contributed by atoms with Crippen molar-refractivity contribution >= 4 is 17.2 Å². The summed E-state index contributed by atoms with van der Waals surface area (Å²) in [6, 6.07) is 10.6. The topological polar surface area (TPSA) is 45.2 Å². The number of aryl methyl sites for hydroxylation is 2. The van der Waals surface area contributed by atoms with E-state index >= 15 is 0 Å². The van der Waals surface area contributed by atoms with Gasteiger partial charge in [0.15, 0.2) is 0 Å². The van der Waals surface area contributed by atoms with Crippen LogP contribution in [0.25, 0.3) is 0 Å². The Labute approximate surface area is 147 Å². The third-order valence-corrected chi connectivity index (χ3v) is 5.90. The summed E-state index contributed by atoms with van der Waals surface area (Å²) in [5.41, 5.74) is 2.43. The highest BCUT2D eigenvalue weighted by molar-refractivity contribution is 7.11. The summed E-state index contributed by atoms with van der Waals surface area (Å²) in [4.78, 5) is 20.2. The fourth-order valence-corrected chi connectivity index (χ4v) is 4.16. The molecule has 0 saturated carbocycles. The quantitative estimate of drug-likeness (QED) is 0.876. The highest BCUT2D eigenvalue weighted by atomic mass is 32.1. The average molecular weight is 343 g/mol. The predicted molar refractivity (Wildman–Crippen MR) is 98.3 cm³/mol. The summed E-state index contributed by atoms with van der Waals surface area (Å²) in [6.45, 7) is 7.17. The molecule has 128 valence electrons. The number of rotatable bonds is 6. The minimum absolute atomic E-state index is 0.106. The molecule has 2 heterocycles. The first-order valence-corrected chi connectivity index (χ1v) is 9.46. The van der Waals surface area contributed by atoms with Crippen molar-refractivity contribution in [2.75, 3.05) is 19.6 Å². The van der Waals surface area contributed by atoms with E-state index in [4.69, 9.17) is 0 Å². The van der Waals surface area contributed by atoms with Crippen LogP contribution in [0, 0.1) is 6.92 Å². The van der Waals surface area contributed by atoms with Gasteiger partial charge in [0.25, 0.3) is 0 Å². The number of likely N-dealkylation sites (tertiary alicyclic amines) is 1. The van der Waals surface area contributed by atoms with Gasteiger partial charge in [-0.1, -0.05) is 37.3 Å². The Bertz CT molecular complexity index is 683. The van der Waals surface area contributed by atoms with Crippen LogP contribution in [-0.4, -0.2) is 35.4 Å². The smallest absolute Gasteiger partial charge is 0.234 e. The lowest BCUT2D eigenvalue weighted by atomic mass is 9.99. The maximum absolute atomic E-state index is 12.2. The molecule has 1 aliphatic heterocycles. The number of hydrogen-bond acceptors (Lipinski definition) is 4. The standard InChI is InChI=1S/C19H25N3OS/c1-3-19-21-14(2)17(24-19)11-20-18(23)13-22-10-9-16(12-22)15-7-5-4-6-8-15/h4-8,16H,3,9-13H2,1-2H3,(H,20,23)/t16-/m1/s1. The normalized spacial score (nSPS) is 18.0. The van der Waals surface area contributed by atoms with E-state index in [1.165, 1.54) is 10.4 Å². The zero-order valence-corrected chi connectivity index (χ0v) is 15.2. The number of hydrogen-bond donors (Lipinski definition) is 1. The van der Waals surface area contributed by atoms with E-state index in [0.29, 0.717) is 19.0 Å². The summed E-state index contributed by atoms with van der Waals surface area (Å²) in [7, 11) is 0. The van der Waals surface area contributed by atoms with Gasteiger partial charge in [-0.15, -0.1) is 11.3 Å². The van der Waals surface area contributed by atoms with Crippen LogP contribution in [0.3, 0.4) is 0 Å². The molecule has 24 heavy (non-hydrogen) atoms. The largest absolute Gasteiger partial charge is 0.350 e. The SMILES string of the molecule is CCc1nc(C)c(CNC(=O)CN2CC[C@@H](c3ccccc3)C2)s1. The summed E-state index contributed by atoms with van der Waals surface area (Å²) >= 11 is 1.70. The van der Waals surface area contributed by atoms with Gasteiger partial charge in [0, 0.05) is 11.4 Å². The van der Waals surface area contributed by atoms with Crippen LogP contribution in [0.1, 0.15) is 40.4 Å². The van der Waals surface area contributed by atoms with Crippen molar-refractivity contribution in [1.82, 2.24) is 15.2 Å². The maximum Gasteiger partial charge on any atom is 0.234 e. The van der Waals surface area contributed by atoms with Gasteiger partial charge in [-0.2, -0.15) is 0 Å². The number of thiazole rings is 1. The van der Waals surface area contributed by atoms with Crippen molar-refractivity contribution in [2.24, 2.45) is 0 Å². The maximum atomic E-state index is 12.2. The first kappa shape index (κ1) is 17.1. The molecule has 5 heteroatoms. The highest BCUT2D eigenvalue weighted by Gasteiger charge is 2.25. The lowest BCUT2D eigenvalue weighted by molar-refractivity contribution is -0.122. The second-order valence-corrected chi connectivity index (χ2v) is 7.55. The Morgan fingerprint density at radius 1 is 1.38 bits per heavy atom. The van der Waals surface area contributed by atoms with Gasteiger partial charge >= 0.3 is 0 Å². The second kappa shape index (κ2) is 7.90. The third kappa shape index (κ3) is 4.22. The molecule has 0 aliphatic carbocycles. The Balaban J connectivity index is 1.46. The van der Waals surface area contributed by atoms with Gasteiger partial charge in [-0.05, 0) is 37.8 Å². The van der Waals surface area contributed by atoms with Crippen molar-refractivity contribution in [3.63, 3.8) is 0 Å². The van der Waals surface area contributed by atoms with Crippen LogP contribution in [-0.2, 0) is 17.8 Å². The molecule has 0 unspecified atom stereocenters. The zero-order valence-electron chi connectivity index (χ0n) is 14.4. The van der Waals surface area contributed by atoms with E-state index in [2.05, 4.69) is 52.5 Å². The molecule has 1 saturated heterocycles. The molecule has 1 aromatic heterocycles. The van der Waals surface area contributed by atoms with Crippen molar-refractivity contribution in [1.29, 1.82) is 0 Å². The van der Waals surface area contributed by atoms with E-state index in [-0.39, 0.29) is 5.91 Å². The first-order chi connectivity index (χ1) is 11.7. The fraction of sp³-hybridized carbons (Fsp3) is 0.474. The van der Waals surface area contributed by atoms with Gasteiger partial charge in [-0.25, -0.2) is 4.98 Å². The van der Waals surface area contributed by atoms with Crippen LogP contribution in [0.2, 0.25) is 0 Å². The Morgan fingerprint density at radius 2 is 2.17 bits per heavy atom. The minimum Gasteiger partial charge on any atom is -0.350 e. The summed E-state index contributed by atoms with van der Waals surface area (Å²) in [6.07, 6.45) is 2.08. The first-order valence-electron chi connectivity index (χ1n) is 8.65. The van der Waals surface area contributed by atoms with E-state index in [9.17, 15) is 4.79 Å². The number of carbonyl (C=O) groups excluding carboxylic acids is 1. The molecule has 4 nitrogen and oxygen atoms in total. The van der Waals surface area contributed by atoms with Gasteiger partial charge < -0.3 is 5.32 Å². The molecular formula is C19H25N3OS. The van der Waals surface area contributed by atoms with Crippen LogP contribution >= 0.6 is 11.3 Å². The number of benzene rings is 1. The number of nitrogens with zero attached hydrogens (tertiary/aromatic N) is 2. The van der Waals surface area contributed by atoms with Crippen molar-refractivity contribution in [3.8, 4) is 0 Å². The Hall–Kier alpha value is -1.72. The molecule has 0 radical (unpaired) electrons. The molecule has 1 aromatic carbocycles. The van der Waals surface area contributed by atoms with Gasteiger partial charge in [0.05, 0.1) is 23.8 Å². The van der Waals surface area contributed by atoms with E-state index < -0.39 is 0 Å². The van der Waals surface area contributed by atoms with Gasteiger partial charge in [-0.3, -0.25) is 9.69 Å². The van der Waals surface area contributed by atoms with E-state index in [1.807, 2.05) is 6.92 Å². The summed E-state index contributed by atoms with van der Waals surface area (Å²) < 4.78 is 0. The predicted octanol–water partition coefficient (Wildman–Crippen LogP) is 3.12. The van der Waals surface area contributed by atoms with Crippen LogP contribution < -0.4 is 5.32 Å². The molecular weight excluding hydrogens is 318 g/mol. The van der Waals surface area contributed by atoms with Crippen LogP contribution in [0.5, 0.6) is 0 Å². The molecule has 0 bridgehead atoms. The van der Waals surface area contributed by atoms with Gasteiger partial charge in [0.2, 0.25) is 5.91 Å². The lowest BCUT2D eigenvalue weighted by Gasteiger charge is -2.15. The molecule has 1 N–H and O–H groups in total. The van der Waals surface area contributed by atoms with Crippen LogP contribution in [0.4, 0.5) is 0 Å². The van der Waals surface area contributed by atoms with Crippen LogP contribution in [0.15, 0.2) is 30.3 Å². The molecule has 1 fully saturated rings. The van der Waals surface area contributed by atoms with E-state index in [0.717, 1.165) is 36.6 Å². The number of aromatic nitrogens is 1. The zero-order chi connectivity index (χ0) is 16.9. The number of nitrogens with one attached hydrogen (secondary N) is 1. The number of carbonyl (C=O) groups is 1. The lowest BCUT2D eigenvalue weighted by Crippen LogP contribution is -2.35. The third-order valence-electron chi connectivity index (χ3n) is 4.60. The second-order valence-electron chi connectivity index (χ2n) is 6.38. The number of amides is 1. The Kier molecular flexibility index (Phi) is 5.63. The molecule has 3 rings (SSSR count). The fourth-order valence-electron chi connectivity index (χ4n) is 3.21. The minimum atomic E-state index is 0.106. The summed E-state index contributed by atoms with van der Waals surface area (Å²) in [5.74, 6) is 0.657. The molecule has 2 aromatic rings.